The summed E-state index contributed by atoms with van der Waals surface area (Å²) in [6, 6.07) is 28.9. The molecule has 7 nitrogen and oxygen atoms in total. The van der Waals surface area contributed by atoms with Crippen LogP contribution < -0.4 is 10.2 Å². The summed E-state index contributed by atoms with van der Waals surface area (Å²) >= 11 is 7.63. The summed E-state index contributed by atoms with van der Waals surface area (Å²) < 4.78 is 1.84. The molecule has 0 spiro atoms. The topological polar surface area (TPSA) is 80.1 Å². The molecule has 4 aromatic carbocycles. The van der Waals surface area contributed by atoms with Crippen molar-refractivity contribution in [3.05, 3.63) is 113 Å². The molecule has 0 atom stereocenters. The molecule has 40 heavy (non-hydrogen) atoms. The number of benzene rings is 4. The van der Waals surface area contributed by atoms with Gasteiger partial charge in [-0.3, -0.25) is 14.2 Å². The molecule has 2 amide bonds. The van der Waals surface area contributed by atoms with Crippen molar-refractivity contribution in [3.63, 3.8) is 0 Å². The molecule has 9 heteroatoms. The molecule has 0 fully saturated rings. The van der Waals surface area contributed by atoms with Crippen LogP contribution in [-0.2, 0) is 17.8 Å². The fourth-order valence-corrected chi connectivity index (χ4v) is 6.09. The van der Waals surface area contributed by atoms with E-state index in [-0.39, 0.29) is 24.1 Å². The zero-order valence-electron chi connectivity index (χ0n) is 21.6. The predicted octanol–water partition coefficient (Wildman–Crippen LogP) is 6.08. The molecule has 1 aliphatic rings. The van der Waals surface area contributed by atoms with Crippen molar-refractivity contribution in [2.24, 2.45) is 0 Å². The summed E-state index contributed by atoms with van der Waals surface area (Å²) in [6.07, 6.45) is 1.91. The molecular weight excluding hydrogens is 542 g/mol. The number of aromatic nitrogens is 3. The lowest BCUT2D eigenvalue weighted by molar-refractivity contribution is -0.116. The molecule has 0 radical (unpaired) electrons. The monoisotopic (exact) mass is 567 g/mol. The van der Waals surface area contributed by atoms with E-state index in [4.69, 9.17) is 11.6 Å². The highest BCUT2D eigenvalue weighted by Gasteiger charge is 2.24. The van der Waals surface area contributed by atoms with Gasteiger partial charge >= 0.3 is 0 Å². The number of carbonyl (C=O) groups excluding carboxylic acids is 2. The van der Waals surface area contributed by atoms with E-state index in [9.17, 15) is 9.59 Å². The number of aryl methyl sites for hydroxylation is 1. The van der Waals surface area contributed by atoms with E-state index in [1.54, 1.807) is 6.07 Å². The van der Waals surface area contributed by atoms with Crippen molar-refractivity contribution in [1.29, 1.82) is 0 Å². The van der Waals surface area contributed by atoms with Crippen LogP contribution in [0.1, 0.15) is 28.2 Å². The maximum Gasteiger partial charge on any atom is 0.252 e. The minimum Gasteiger partial charge on any atom is -0.345 e. The lowest BCUT2D eigenvalue weighted by atomic mass is 10.0. The Balaban J connectivity index is 1.23. The zero-order chi connectivity index (χ0) is 27.5. The van der Waals surface area contributed by atoms with Crippen LogP contribution in [0.25, 0.3) is 16.5 Å². The second-order valence-electron chi connectivity index (χ2n) is 9.49. The Kier molecular flexibility index (Phi) is 7.53. The lowest BCUT2D eigenvalue weighted by Gasteiger charge is -2.29. The second kappa shape index (κ2) is 11.5. The van der Waals surface area contributed by atoms with Crippen LogP contribution >= 0.6 is 23.4 Å². The minimum absolute atomic E-state index is 0.0172. The van der Waals surface area contributed by atoms with Crippen LogP contribution in [0.3, 0.4) is 0 Å². The lowest BCUT2D eigenvalue weighted by Crippen LogP contribution is -2.36. The van der Waals surface area contributed by atoms with Gasteiger partial charge in [-0.05, 0) is 59.5 Å². The molecule has 5 aromatic rings. The number of hydrogen-bond acceptors (Lipinski definition) is 5. The Hall–Kier alpha value is -4.14. The molecule has 1 aliphatic heterocycles. The first-order valence-corrected chi connectivity index (χ1v) is 14.4. The van der Waals surface area contributed by atoms with E-state index >= 15 is 0 Å². The van der Waals surface area contributed by atoms with E-state index in [1.807, 2.05) is 88.3 Å². The fourth-order valence-electron chi connectivity index (χ4n) is 5.06. The number of hydrogen-bond donors (Lipinski definition) is 1. The van der Waals surface area contributed by atoms with Crippen LogP contribution in [0.5, 0.6) is 0 Å². The average molecular weight is 568 g/mol. The predicted molar refractivity (Wildman–Crippen MR) is 159 cm³/mol. The van der Waals surface area contributed by atoms with Crippen LogP contribution in [0.15, 0.2) is 96.2 Å². The quantitative estimate of drug-likeness (QED) is 0.241. The number of para-hydroxylation sites is 1. The number of nitrogens with one attached hydrogen (secondary N) is 1. The number of fused-ring (bicyclic) bond motifs is 2. The van der Waals surface area contributed by atoms with Crippen molar-refractivity contribution < 1.29 is 9.59 Å². The first kappa shape index (κ1) is 26.1. The minimum atomic E-state index is -0.203. The molecule has 0 saturated heterocycles. The van der Waals surface area contributed by atoms with Gasteiger partial charge in [0, 0.05) is 22.8 Å². The van der Waals surface area contributed by atoms with Gasteiger partial charge in [0.2, 0.25) is 5.91 Å². The Bertz CT molecular complexity index is 1710. The van der Waals surface area contributed by atoms with Gasteiger partial charge < -0.3 is 10.2 Å². The summed E-state index contributed by atoms with van der Waals surface area (Å²) in [7, 11) is 0. The molecule has 6 rings (SSSR count). The first-order chi connectivity index (χ1) is 19.6. The van der Waals surface area contributed by atoms with E-state index in [2.05, 4.69) is 21.6 Å². The number of carbonyl (C=O) groups is 2. The number of halogens is 1. The third-order valence-corrected chi connectivity index (χ3v) is 8.09. The Morgan fingerprint density at radius 3 is 2.62 bits per heavy atom. The van der Waals surface area contributed by atoms with Crippen LogP contribution in [0, 0.1) is 0 Å². The first-order valence-electron chi connectivity index (χ1n) is 13.1. The van der Waals surface area contributed by atoms with Gasteiger partial charge in [-0.1, -0.05) is 84.0 Å². The molecule has 0 aliphatic carbocycles. The molecular formula is C31H26ClN5O2S. The Labute approximate surface area is 241 Å². The van der Waals surface area contributed by atoms with Gasteiger partial charge in [0.1, 0.15) is 0 Å². The number of rotatable bonds is 7. The summed E-state index contributed by atoms with van der Waals surface area (Å²) in [5.74, 6) is 0.554. The van der Waals surface area contributed by atoms with Crippen LogP contribution in [-0.4, -0.2) is 38.9 Å². The fraction of sp³-hybridized carbons (Fsp3) is 0.161. The maximum absolute atomic E-state index is 13.3. The largest absolute Gasteiger partial charge is 0.345 e. The van der Waals surface area contributed by atoms with E-state index in [0.717, 1.165) is 35.0 Å². The smallest absolute Gasteiger partial charge is 0.252 e. The number of anilines is 1. The van der Waals surface area contributed by atoms with Crippen LogP contribution in [0.4, 0.5) is 5.69 Å². The number of thioether (sulfide) groups is 1. The van der Waals surface area contributed by atoms with Gasteiger partial charge in [0.15, 0.2) is 11.0 Å². The molecule has 0 bridgehead atoms. The Morgan fingerprint density at radius 1 is 0.925 bits per heavy atom. The van der Waals surface area contributed by atoms with Gasteiger partial charge in [0.25, 0.3) is 5.91 Å². The normalized spacial score (nSPS) is 12.8. The molecule has 0 saturated carbocycles. The van der Waals surface area contributed by atoms with Crippen molar-refractivity contribution in [1.82, 2.24) is 20.1 Å². The third-order valence-electron chi connectivity index (χ3n) is 6.94. The van der Waals surface area contributed by atoms with Gasteiger partial charge in [-0.2, -0.15) is 0 Å². The summed E-state index contributed by atoms with van der Waals surface area (Å²) in [5.41, 5.74) is 3.52. The number of nitrogens with zero attached hydrogens (tertiary/aromatic N) is 4. The maximum atomic E-state index is 13.3. The van der Waals surface area contributed by atoms with E-state index in [0.29, 0.717) is 28.1 Å². The third kappa shape index (κ3) is 5.33. The van der Waals surface area contributed by atoms with Gasteiger partial charge in [-0.15, -0.1) is 10.2 Å². The average Bonchev–Trinajstić information content (AvgIpc) is 3.40. The van der Waals surface area contributed by atoms with Gasteiger partial charge in [-0.25, -0.2) is 0 Å². The second-order valence-corrected chi connectivity index (χ2v) is 10.9. The highest BCUT2D eigenvalue weighted by Crippen LogP contribution is 2.29. The molecule has 200 valence electrons. The van der Waals surface area contributed by atoms with Crippen molar-refractivity contribution >= 4 is 51.6 Å². The SMILES string of the molecule is O=C(NCc1nnc(SCC(=O)N2CCCc3ccccc32)n1-c1cccc(Cl)c1)c1cccc2ccccc12. The van der Waals surface area contributed by atoms with Crippen molar-refractivity contribution in [3.8, 4) is 5.69 Å². The zero-order valence-corrected chi connectivity index (χ0v) is 23.2. The Morgan fingerprint density at radius 2 is 1.73 bits per heavy atom. The highest BCUT2D eigenvalue weighted by molar-refractivity contribution is 7.99. The standard InChI is InChI=1S/C31H26ClN5O2S/c32-23-12-6-13-24(18-23)37-28(19-33-30(39)26-15-5-10-21-8-1-3-14-25(21)26)34-35-31(37)40-20-29(38)36-17-7-11-22-9-2-4-16-27(22)36/h1-6,8-10,12-16,18H,7,11,17,19-20H2,(H,33,39). The summed E-state index contributed by atoms with van der Waals surface area (Å²) in [6.45, 7) is 0.846. The van der Waals surface area contributed by atoms with Crippen molar-refractivity contribution in [2.75, 3.05) is 17.2 Å². The van der Waals surface area contributed by atoms with E-state index in [1.165, 1.54) is 17.3 Å². The van der Waals surface area contributed by atoms with Gasteiger partial charge in [0.05, 0.1) is 18.0 Å². The van der Waals surface area contributed by atoms with E-state index < -0.39 is 0 Å². The summed E-state index contributed by atoms with van der Waals surface area (Å²) in [4.78, 5) is 28.3. The van der Waals surface area contributed by atoms with Crippen molar-refractivity contribution in [2.45, 2.75) is 24.5 Å². The molecule has 2 heterocycles. The molecule has 1 aromatic heterocycles. The number of amides is 2. The molecule has 0 unspecified atom stereocenters. The molecule has 1 N–H and O–H groups in total. The summed E-state index contributed by atoms with van der Waals surface area (Å²) in [5, 5.41) is 14.8. The van der Waals surface area contributed by atoms with Crippen LogP contribution in [0.2, 0.25) is 5.02 Å². The highest BCUT2D eigenvalue weighted by atomic mass is 35.5.